The van der Waals surface area contributed by atoms with E-state index in [-0.39, 0.29) is 24.9 Å². The number of nitrogens with zero attached hydrogens (tertiary/aromatic N) is 2. The lowest BCUT2D eigenvalue weighted by Gasteiger charge is -2.29. The van der Waals surface area contributed by atoms with Crippen molar-refractivity contribution in [3.63, 3.8) is 0 Å². The summed E-state index contributed by atoms with van der Waals surface area (Å²) in [7, 11) is 0. The molecule has 1 fully saturated rings. The predicted octanol–water partition coefficient (Wildman–Crippen LogP) is 1.60. The van der Waals surface area contributed by atoms with Crippen molar-refractivity contribution in [2.24, 2.45) is 0 Å². The van der Waals surface area contributed by atoms with Crippen LogP contribution in [0.1, 0.15) is 23.3 Å². The van der Waals surface area contributed by atoms with Crippen molar-refractivity contribution in [1.82, 2.24) is 9.80 Å². The number of carbonyl (C=O) groups excluding carboxylic acids is 1. The standard InChI is InChI=1S/C14H18N2O3S.ClH/c17-13(9-15-5-1-2-11(15)14(18)19)16-6-3-12-10(8-16)4-7-20-12;/h4,7,11H,1-3,5-6,8-9H2,(H,18,19);1H/t11-;/m0./s1. The Morgan fingerprint density at radius 2 is 2.19 bits per heavy atom. The van der Waals surface area contributed by atoms with Crippen LogP contribution in [-0.2, 0) is 22.6 Å². The first kappa shape index (κ1) is 16.3. The molecule has 2 aliphatic rings. The molecular formula is C14H19ClN2O3S. The van der Waals surface area contributed by atoms with Gasteiger partial charge in [-0.2, -0.15) is 0 Å². The first-order valence-corrected chi connectivity index (χ1v) is 7.83. The molecule has 1 atom stereocenters. The highest BCUT2D eigenvalue weighted by atomic mass is 35.5. The second kappa shape index (κ2) is 6.77. The molecule has 2 aliphatic heterocycles. The molecule has 1 N–H and O–H groups in total. The molecule has 5 nitrogen and oxygen atoms in total. The van der Waals surface area contributed by atoms with Crippen molar-refractivity contribution in [3.8, 4) is 0 Å². The average molecular weight is 331 g/mol. The van der Waals surface area contributed by atoms with Gasteiger partial charge < -0.3 is 10.0 Å². The summed E-state index contributed by atoms with van der Waals surface area (Å²) in [6.45, 7) is 2.36. The lowest BCUT2D eigenvalue weighted by Crippen LogP contribution is -2.45. The summed E-state index contributed by atoms with van der Waals surface area (Å²) >= 11 is 1.75. The van der Waals surface area contributed by atoms with Crippen LogP contribution in [-0.4, -0.2) is 52.5 Å². The van der Waals surface area contributed by atoms with E-state index in [4.69, 9.17) is 5.11 Å². The maximum Gasteiger partial charge on any atom is 0.320 e. The Labute approximate surface area is 133 Å². The van der Waals surface area contributed by atoms with Crippen LogP contribution >= 0.6 is 23.7 Å². The fourth-order valence-electron chi connectivity index (χ4n) is 3.03. The fourth-order valence-corrected chi connectivity index (χ4v) is 3.92. The fraction of sp³-hybridized carbons (Fsp3) is 0.571. The first-order valence-electron chi connectivity index (χ1n) is 6.95. The van der Waals surface area contributed by atoms with E-state index in [0.29, 0.717) is 19.5 Å². The molecule has 1 aromatic heterocycles. The molecule has 0 aliphatic carbocycles. The zero-order valence-corrected chi connectivity index (χ0v) is 13.3. The van der Waals surface area contributed by atoms with Crippen LogP contribution in [0.3, 0.4) is 0 Å². The zero-order valence-electron chi connectivity index (χ0n) is 11.7. The number of fused-ring (bicyclic) bond motifs is 1. The number of carbonyl (C=O) groups is 2. The molecule has 1 amide bonds. The van der Waals surface area contributed by atoms with Crippen LogP contribution in [0.5, 0.6) is 0 Å². The molecule has 0 bridgehead atoms. The Balaban J connectivity index is 0.00000161. The minimum Gasteiger partial charge on any atom is -0.480 e. The third kappa shape index (κ3) is 3.39. The van der Waals surface area contributed by atoms with Gasteiger partial charge >= 0.3 is 5.97 Å². The SMILES string of the molecule is Cl.O=C(O)[C@@H]1CCCN1CC(=O)N1CCc2sccc2C1. The minimum absolute atomic E-state index is 0. The number of carboxylic acids is 1. The number of aliphatic carboxylic acids is 1. The summed E-state index contributed by atoms with van der Waals surface area (Å²) in [5, 5.41) is 11.2. The van der Waals surface area contributed by atoms with E-state index in [1.54, 1.807) is 16.2 Å². The third-order valence-corrected chi connectivity index (χ3v) is 5.17. The van der Waals surface area contributed by atoms with Gasteiger partial charge in [-0.25, -0.2) is 0 Å². The number of likely N-dealkylation sites (tertiary alicyclic amines) is 1. The molecule has 0 aromatic carbocycles. The monoisotopic (exact) mass is 330 g/mol. The maximum absolute atomic E-state index is 12.3. The van der Waals surface area contributed by atoms with Gasteiger partial charge in [-0.05, 0) is 42.8 Å². The quantitative estimate of drug-likeness (QED) is 0.914. The smallest absolute Gasteiger partial charge is 0.320 e. The number of thiophene rings is 1. The highest BCUT2D eigenvalue weighted by Gasteiger charge is 2.33. The van der Waals surface area contributed by atoms with E-state index in [9.17, 15) is 9.59 Å². The second-order valence-electron chi connectivity index (χ2n) is 5.40. The topological polar surface area (TPSA) is 60.9 Å². The van der Waals surface area contributed by atoms with E-state index < -0.39 is 12.0 Å². The first-order chi connectivity index (χ1) is 9.65. The van der Waals surface area contributed by atoms with Gasteiger partial charge in [0.1, 0.15) is 6.04 Å². The van der Waals surface area contributed by atoms with Gasteiger partial charge in [0.2, 0.25) is 5.91 Å². The van der Waals surface area contributed by atoms with E-state index in [2.05, 4.69) is 11.4 Å². The van der Waals surface area contributed by atoms with Crippen molar-refractivity contribution in [2.45, 2.75) is 31.8 Å². The maximum atomic E-state index is 12.3. The van der Waals surface area contributed by atoms with Gasteiger partial charge in [0, 0.05) is 18.0 Å². The number of amides is 1. The van der Waals surface area contributed by atoms with Crippen LogP contribution in [0, 0.1) is 0 Å². The summed E-state index contributed by atoms with van der Waals surface area (Å²) in [6.07, 6.45) is 2.43. The van der Waals surface area contributed by atoms with E-state index in [0.717, 1.165) is 19.4 Å². The highest BCUT2D eigenvalue weighted by Crippen LogP contribution is 2.24. The van der Waals surface area contributed by atoms with Gasteiger partial charge in [-0.1, -0.05) is 0 Å². The molecule has 0 radical (unpaired) electrons. The van der Waals surface area contributed by atoms with Gasteiger partial charge in [-0.15, -0.1) is 23.7 Å². The van der Waals surface area contributed by atoms with Gasteiger partial charge in [-0.3, -0.25) is 14.5 Å². The van der Waals surface area contributed by atoms with Crippen LogP contribution in [0.15, 0.2) is 11.4 Å². The second-order valence-corrected chi connectivity index (χ2v) is 6.40. The van der Waals surface area contributed by atoms with Crippen LogP contribution in [0.2, 0.25) is 0 Å². The minimum atomic E-state index is -0.811. The number of carboxylic acid groups (broad SMARTS) is 1. The predicted molar refractivity (Wildman–Crippen MR) is 82.9 cm³/mol. The van der Waals surface area contributed by atoms with Crippen molar-refractivity contribution in [1.29, 1.82) is 0 Å². The average Bonchev–Trinajstić information content (AvgIpc) is 3.05. The third-order valence-electron chi connectivity index (χ3n) is 4.15. The molecule has 1 aromatic rings. The molecule has 21 heavy (non-hydrogen) atoms. The molecule has 0 unspecified atom stereocenters. The van der Waals surface area contributed by atoms with Crippen molar-refractivity contribution in [3.05, 3.63) is 21.9 Å². The Bertz CT molecular complexity index is 534. The van der Waals surface area contributed by atoms with Crippen molar-refractivity contribution >= 4 is 35.6 Å². The number of hydrogen-bond donors (Lipinski definition) is 1. The summed E-state index contributed by atoms with van der Waals surface area (Å²) in [5.74, 6) is -0.760. The summed E-state index contributed by atoms with van der Waals surface area (Å²) in [4.78, 5) is 28.5. The largest absolute Gasteiger partial charge is 0.480 e. The highest BCUT2D eigenvalue weighted by molar-refractivity contribution is 7.10. The van der Waals surface area contributed by atoms with E-state index in [1.165, 1.54) is 10.4 Å². The molecular weight excluding hydrogens is 312 g/mol. The molecule has 3 heterocycles. The number of hydrogen-bond acceptors (Lipinski definition) is 4. The Hall–Kier alpha value is -1.11. The summed E-state index contributed by atoms with van der Waals surface area (Å²) in [5.41, 5.74) is 1.24. The van der Waals surface area contributed by atoms with Gasteiger partial charge in [0.05, 0.1) is 6.54 Å². The van der Waals surface area contributed by atoms with Gasteiger partial charge in [0.15, 0.2) is 0 Å². The Morgan fingerprint density at radius 1 is 1.38 bits per heavy atom. The molecule has 7 heteroatoms. The molecule has 116 valence electrons. The molecule has 3 rings (SSSR count). The number of rotatable bonds is 3. The molecule has 0 spiro atoms. The summed E-state index contributed by atoms with van der Waals surface area (Å²) < 4.78 is 0. The van der Waals surface area contributed by atoms with E-state index in [1.807, 2.05) is 4.90 Å². The number of halogens is 1. The molecule has 1 saturated heterocycles. The van der Waals surface area contributed by atoms with Crippen molar-refractivity contribution in [2.75, 3.05) is 19.6 Å². The lowest BCUT2D eigenvalue weighted by atomic mass is 10.1. The van der Waals surface area contributed by atoms with Crippen molar-refractivity contribution < 1.29 is 14.7 Å². The van der Waals surface area contributed by atoms with Gasteiger partial charge in [0.25, 0.3) is 0 Å². The Morgan fingerprint density at radius 3 is 2.95 bits per heavy atom. The van der Waals surface area contributed by atoms with E-state index >= 15 is 0 Å². The van der Waals surface area contributed by atoms with Crippen LogP contribution in [0.25, 0.3) is 0 Å². The normalized spacial score (nSPS) is 21.7. The lowest BCUT2D eigenvalue weighted by molar-refractivity contribution is -0.143. The summed E-state index contributed by atoms with van der Waals surface area (Å²) in [6, 6.07) is 1.59. The van der Waals surface area contributed by atoms with Crippen LogP contribution < -0.4 is 0 Å². The zero-order chi connectivity index (χ0) is 14.1. The Kier molecular flexibility index (Phi) is 5.24. The van der Waals surface area contributed by atoms with Crippen LogP contribution in [0.4, 0.5) is 0 Å². The molecule has 0 saturated carbocycles.